The standard InChI is InChI=1S/C14H15NO4/c1-3-19-14(18)12-6-7-13(15-10(2)17)11(9-12)5-4-8-16/h4-9H,3H2,1-2H3,(H,15,17)/b5-4+. The molecule has 1 N–H and O–H groups in total. The van der Waals surface area contributed by atoms with Gasteiger partial charge in [0.05, 0.1) is 12.2 Å². The highest BCUT2D eigenvalue weighted by Gasteiger charge is 2.09. The highest BCUT2D eigenvalue weighted by atomic mass is 16.5. The van der Waals surface area contributed by atoms with Crippen molar-refractivity contribution >= 4 is 29.9 Å². The van der Waals surface area contributed by atoms with Gasteiger partial charge in [0.1, 0.15) is 6.29 Å². The Morgan fingerprint density at radius 3 is 2.68 bits per heavy atom. The van der Waals surface area contributed by atoms with Crippen molar-refractivity contribution in [1.29, 1.82) is 0 Å². The Morgan fingerprint density at radius 1 is 1.37 bits per heavy atom. The average molecular weight is 261 g/mol. The number of allylic oxidation sites excluding steroid dienone is 1. The van der Waals surface area contributed by atoms with Gasteiger partial charge in [0.15, 0.2) is 0 Å². The molecule has 0 saturated heterocycles. The minimum absolute atomic E-state index is 0.232. The molecule has 0 atom stereocenters. The first-order valence-corrected chi connectivity index (χ1v) is 5.79. The van der Waals surface area contributed by atoms with Crippen LogP contribution in [-0.2, 0) is 14.3 Å². The zero-order chi connectivity index (χ0) is 14.3. The molecule has 5 nitrogen and oxygen atoms in total. The first-order chi connectivity index (χ1) is 9.08. The number of aldehydes is 1. The summed E-state index contributed by atoms with van der Waals surface area (Å²) in [4.78, 5) is 33.0. The molecule has 0 fully saturated rings. The first-order valence-electron chi connectivity index (χ1n) is 5.79. The van der Waals surface area contributed by atoms with Gasteiger partial charge in [-0.3, -0.25) is 9.59 Å². The van der Waals surface area contributed by atoms with E-state index >= 15 is 0 Å². The molecule has 0 aromatic heterocycles. The summed E-state index contributed by atoms with van der Waals surface area (Å²) in [5.41, 5.74) is 1.45. The van der Waals surface area contributed by atoms with Gasteiger partial charge >= 0.3 is 5.97 Å². The third kappa shape index (κ3) is 4.39. The minimum atomic E-state index is -0.447. The van der Waals surface area contributed by atoms with E-state index in [4.69, 9.17) is 4.74 Å². The van der Waals surface area contributed by atoms with Crippen molar-refractivity contribution in [2.45, 2.75) is 13.8 Å². The summed E-state index contributed by atoms with van der Waals surface area (Å²) < 4.78 is 4.89. The molecule has 0 bridgehead atoms. The number of anilines is 1. The normalized spacial score (nSPS) is 10.2. The van der Waals surface area contributed by atoms with Gasteiger partial charge in [0.2, 0.25) is 5.91 Å². The Morgan fingerprint density at radius 2 is 2.11 bits per heavy atom. The first kappa shape index (κ1) is 14.6. The van der Waals surface area contributed by atoms with Crippen LogP contribution in [-0.4, -0.2) is 24.8 Å². The number of benzene rings is 1. The number of carbonyl (C=O) groups is 3. The van der Waals surface area contributed by atoms with Gasteiger partial charge in [0, 0.05) is 12.6 Å². The number of hydrogen-bond acceptors (Lipinski definition) is 4. The zero-order valence-electron chi connectivity index (χ0n) is 10.8. The number of carbonyl (C=O) groups excluding carboxylic acids is 3. The number of esters is 1. The fraction of sp³-hybridized carbons (Fsp3) is 0.214. The lowest BCUT2D eigenvalue weighted by Crippen LogP contribution is -2.09. The molecule has 0 saturated carbocycles. The lowest BCUT2D eigenvalue weighted by Gasteiger charge is -2.09. The van der Waals surface area contributed by atoms with Crippen molar-refractivity contribution in [3.05, 3.63) is 35.4 Å². The third-order valence-corrected chi connectivity index (χ3v) is 2.23. The van der Waals surface area contributed by atoms with E-state index in [1.807, 2.05) is 0 Å². The highest BCUT2D eigenvalue weighted by molar-refractivity contribution is 5.95. The number of ether oxygens (including phenoxy) is 1. The molecule has 0 unspecified atom stereocenters. The lowest BCUT2D eigenvalue weighted by molar-refractivity contribution is -0.114. The van der Waals surface area contributed by atoms with Gasteiger partial charge in [-0.1, -0.05) is 0 Å². The molecule has 1 amide bonds. The molecule has 0 aliphatic carbocycles. The van der Waals surface area contributed by atoms with Gasteiger partial charge < -0.3 is 10.1 Å². The topological polar surface area (TPSA) is 72.5 Å². The predicted octanol–water partition coefficient (Wildman–Crippen LogP) is 2.03. The van der Waals surface area contributed by atoms with E-state index in [9.17, 15) is 14.4 Å². The summed E-state index contributed by atoms with van der Waals surface area (Å²) in [5.74, 6) is -0.678. The monoisotopic (exact) mass is 261 g/mol. The van der Waals surface area contributed by atoms with Crippen LogP contribution < -0.4 is 5.32 Å². The van der Waals surface area contributed by atoms with Crippen molar-refractivity contribution in [1.82, 2.24) is 0 Å². The van der Waals surface area contributed by atoms with E-state index in [1.54, 1.807) is 25.1 Å². The summed E-state index contributed by atoms with van der Waals surface area (Å²) in [6, 6.07) is 4.71. The Kier molecular flexibility index (Phi) is 5.47. The van der Waals surface area contributed by atoms with E-state index in [1.165, 1.54) is 19.1 Å². The molecule has 0 aliphatic heterocycles. The van der Waals surface area contributed by atoms with E-state index in [0.29, 0.717) is 23.1 Å². The van der Waals surface area contributed by atoms with Crippen LogP contribution in [0.15, 0.2) is 24.3 Å². The molecular weight excluding hydrogens is 246 g/mol. The maximum absolute atomic E-state index is 11.6. The molecule has 0 radical (unpaired) electrons. The van der Waals surface area contributed by atoms with Gasteiger partial charge in [-0.2, -0.15) is 0 Å². The summed E-state index contributed by atoms with van der Waals surface area (Å²) in [7, 11) is 0. The van der Waals surface area contributed by atoms with Crippen molar-refractivity contribution in [2.24, 2.45) is 0 Å². The molecule has 0 heterocycles. The van der Waals surface area contributed by atoms with Gasteiger partial charge in [0.25, 0.3) is 0 Å². The predicted molar refractivity (Wildman–Crippen MR) is 71.8 cm³/mol. The number of hydrogen-bond donors (Lipinski definition) is 1. The van der Waals surface area contributed by atoms with Gasteiger partial charge in [-0.05, 0) is 42.8 Å². The largest absolute Gasteiger partial charge is 0.462 e. The second-order valence-electron chi connectivity index (χ2n) is 3.70. The number of rotatable bonds is 5. The maximum atomic E-state index is 11.6. The molecule has 1 aromatic carbocycles. The van der Waals surface area contributed by atoms with Crippen molar-refractivity contribution in [2.75, 3.05) is 11.9 Å². The van der Waals surface area contributed by atoms with Crippen LogP contribution in [0.1, 0.15) is 29.8 Å². The van der Waals surface area contributed by atoms with E-state index in [0.717, 1.165) is 0 Å². The van der Waals surface area contributed by atoms with Gasteiger partial charge in [-0.25, -0.2) is 4.79 Å². The third-order valence-electron chi connectivity index (χ3n) is 2.23. The minimum Gasteiger partial charge on any atom is -0.462 e. The van der Waals surface area contributed by atoms with Gasteiger partial charge in [-0.15, -0.1) is 0 Å². The molecular formula is C14H15NO4. The molecule has 5 heteroatoms. The molecule has 19 heavy (non-hydrogen) atoms. The van der Waals surface area contributed by atoms with Crippen LogP contribution in [0.25, 0.3) is 6.08 Å². The van der Waals surface area contributed by atoms with E-state index in [2.05, 4.69) is 5.32 Å². The Bertz CT molecular complexity index is 520. The van der Waals surface area contributed by atoms with Crippen molar-refractivity contribution < 1.29 is 19.1 Å². The highest BCUT2D eigenvalue weighted by Crippen LogP contribution is 2.20. The van der Waals surface area contributed by atoms with Crippen LogP contribution in [0.3, 0.4) is 0 Å². The Hall–Kier alpha value is -2.43. The van der Waals surface area contributed by atoms with Crippen molar-refractivity contribution in [3.8, 4) is 0 Å². The lowest BCUT2D eigenvalue weighted by atomic mass is 10.1. The fourth-order valence-electron chi connectivity index (χ4n) is 1.49. The number of nitrogens with one attached hydrogen (secondary N) is 1. The molecule has 1 aromatic rings. The van der Waals surface area contributed by atoms with E-state index < -0.39 is 5.97 Å². The maximum Gasteiger partial charge on any atom is 0.338 e. The molecule has 1 rings (SSSR count). The summed E-state index contributed by atoms with van der Waals surface area (Å²) in [5, 5.41) is 2.62. The zero-order valence-corrected chi connectivity index (χ0v) is 10.8. The molecule has 0 aliphatic rings. The summed E-state index contributed by atoms with van der Waals surface area (Å²) in [6.07, 6.45) is 3.42. The van der Waals surface area contributed by atoms with Crippen LogP contribution in [0.4, 0.5) is 5.69 Å². The van der Waals surface area contributed by atoms with Crippen LogP contribution >= 0.6 is 0 Å². The molecule has 100 valence electrons. The average Bonchev–Trinajstić information content (AvgIpc) is 2.37. The summed E-state index contributed by atoms with van der Waals surface area (Å²) >= 11 is 0. The SMILES string of the molecule is CCOC(=O)c1ccc(NC(C)=O)c(/C=C/C=O)c1. The fourth-order valence-corrected chi connectivity index (χ4v) is 1.49. The molecule has 0 spiro atoms. The second kappa shape index (κ2) is 7.10. The Balaban J connectivity index is 3.13. The quantitative estimate of drug-likeness (QED) is 0.500. The van der Waals surface area contributed by atoms with E-state index in [-0.39, 0.29) is 12.5 Å². The smallest absolute Gasteiger partial charge is 0.338 e. The summed E-state index contributed by atoms with van der Waals surface area (Å²) in [6.45, 7) is 3.38. The second-order valence-corrected chi connectivity index (χ2v) is 3.70. The van der Waals surface area contributed by atoms with Crippen LogP contribution in [0, 0.1) is 0 Å². The van der Waals surface area contributed by atoms with Crippen LogP contribution in [0.5, 0.6) is 0 Å². The van der Waals surface area contributed by atoms with Crippen LogP contribution in [0.2, 0.25) is 0 Å². The van der Waals surface area contributed by atoms with Crippen molar-refractivity contribution in [3.63, 3.8) is 0 Å². The number of amides is 1. The Labute approximate surface area is 111 Å².